The predicted octanol–water partition coefficient (Wildman–Crippen LogP) is 0.410. The lowest BCUT2D eigenvalue weighted by Crippen LogP contribution is -2.43. The van der Waals surface area contributed by atoms with Gasteiger partial charge >= 0.3 is 0 Å². The zero-order valence-electron chi connectivity index (χ0n) is 11.7. The van der Waals surface area contributed by atoms with Gasteiger partial charge in [-0.1, -0.05) is 18.2 Å². The molecule has 0 bridgehead atoms. The van der Waals surface area contributed by atoms with E-state index in [1.807, 2.05) is 0 Å². The third-order valence-electron chi connectivity index (χ3n) is 4.39. The number of rotatable bonds is 3. The van der Waals surface area contributed by atoms with Crippen LogP contribution in [0.3, 0.4) is 0 Å². The summed E-state index contributed by atoms with van der Waals surface area (Å²) in [7, 11) is -11.3. The average Bonchev–Trinajstić information content (AvgIpc) is 3.13. The second-order valence-electron chi connectivity index (χ2n) is 5.80. The second kappa shape index (κ2) is 4.78. The van der Waals surface area contributed by atoms with Gasteiger partial charge in [0.1, 0.15) is 0 Å². The van der Waals surface area contributed by atoms with Crippen molar-refractivity contribution >= 4 is 29.5 Å². The molecule has 2 aliphatic rings. The van der Waals surface area contributed by atoms with E-state index in [2.05, 4.69) is 0 Å². The zero-order chi connectivity index (χ0) is 16.2. The van der Waals surface area contributed by atoms with Crippen LogP contribution in [-0.2, 0) is 29.5 Å². The van der Waals surface area contributed by atoms with Crippen LogP contribution in [-0.4, -0.2) is 46.6 Å². The lowest BCUT2D eigenvalue weighted by Gasteiger charge is -2.23. The van der Waals surface area contributed by atoms with E-state index in [0.29, 0.717) is 0 Å². The first-order valence-corrected chi connectivity index (χ1v) is 11.8. The second-order valence-corrected chi connectivity index (χ2v) is 12.8. The van der Waals surface area contributed by atoms with Crippen molar-refractivity contribution < 1.29 is 25.3 Å². The molecule has 1 spiro atoms. The topological polar surface area (TPSA) is 102 Å². The Bertz CT molecular complexity index is 864. The summed E-state index contributed by atoms with van der Waals surface area (Å²) in [5.41, 5.74) is 0. The van der Waals surface area contributed by atoms with Gasteiger partial charge < -0.3 is 0 Å². The number of hydrogen-bond acceptors (Lipinski definition) is 6. The predicted molar refractivity (Wildman–Crippen MR) is 81.5 cm³/mol. The van der Waals surface area contributed by atoms with Crippen LogP contribution >= 0.6 is 0 Å². The Morgan fingerprint density at radius 3 is 2.09 bits per heavy atom. The molecule has 1 aliphatic carbocycles. The van der Waals surface area contributed by atoms with Gasteiger partial charge in [0.05, 0.1) is 22.2 Å². The van der Waals surface area contributed by atoms with Gasteiger partial charge in [0.15, 0.2) is 33.6 Å². The normalized spacial score (nSPS) is 28.3. The standard InChI is InChI=1S/C13H16O6S3/c14-20(15,12-5-2-1-3-6-12)10-11-9-13(11)21(16,17)7-4-8-22(13,18)19/h1-3,5-6,11H,4,7-10H2. The minimum Gasteiger partial charge on any atom is -0.227 e. The van der Waals surface area contributed by atoms with Crippen molar-refractivity contribution in [3.8, 4) is 0 Å². The summed E-state index contributed by atoms with van der Waals surface area (Å²) < 4.78 is 71.8. The Hall–Kier alpha value is -0.930. The maximum Gasteiger partial charge on any atom is 0.178 e. The van der Waals surface area contributed by atoms with E-state index in [9.17, 15) is 25.3 Å². The molecule has 0 N–H and O–H groups in total. The first-order chi connectivity index (χ1) is 10.1. The summed E-state index contributed by atoms with van der Waals surface area (Å²) in [6.45, 7) is 0. The fourth-order valence-electron chi connectivity index (χ4n) is 3.20. The largest absolute Gasteiger partial charge is 0.227 e. The van der Waals surface area contributed by atoms with Crippen LogP contribution in [0.2, 0.25) is 0 Å². The van der Waals surface area contributed by atoms with Crippen LogP contribution < -0.4 is 0 Å². The van der Waals surface area contributed by atoms with Gasteiger partial charge in [-0.15, -0.1) is 0 Å². The molecule has 1 aliphatic heterocycles. The fourth-order valence-corrected chi connectivity index (χ4v) is 11.2. The van der Waals surface area contributed by atoms with E-state index in [1.165, 1.54) is 12.1 Å². The molecule has 1 atom stereocenters. The monoisotopic (exact) mass is 364 g/mol. The van der Waals surface area contributed by atoms with E-state index in [1.54, 1.807) is 18.2 Å². The Morgan fingerprint density at radius 2 is 1.55 bits per heavy atom. The summed E-state index contributed by atoms with van der Waals surface area (Å²) in [5, 5.41) is 0. The summed E-state index contributed by atoms with van der Waals surface area (Å²) >= 11 is 0. The van der Waals surface area contributed by atoms with E-state index >= 15 is 0 Å². The van der Waals surface area contributed by atoms with Crippen LogP contribution in [0.5, 0.6) is 0 Å². The lowest BCUT2D eigenvalue weighted by molar-refractivity contribution is 0.558. The van der Waals surface area contributed by atoms with Crippen molar-refractivity contribution in [3.63, 3.8) is 0 Å². The molecule has 0 radical (unpaired) electrons. The molecular formula is C13H16O6S3. The quantitative estimate of drug-likeness (QED) is 0.770. The van der Waals surface area contributed by atoms with Crippen molar-refractivity contribution in [2.75, 3.05) is 17.3 Å². The zero-order valence-corrected chi connectivity index (χ0v) is 14.1. The lowest BCUT2D eigenvalue weighted by atomic mass is 10.4. The van der Waals surface area contributed by atoms with Gasteiger partial charge in [-0.3, -0.25) is 0 Å². The Kier molecular flexibility index (Phi) is 3.47. The smallest absolute Gasteiger partial charge is 0.178 e. The first-order valence-electron chi connectivity index (χ1n) is 6.85. The maximum atomic E-state index is 12.3. The maximum absolute atomic E-state index is 12.3. The van der Waals surface area contributed by atoms with E-state index in [4.69, 9.17) is 0 Å². The van der Waals surface area contributed by atoms with Crippen molar-refractivity contribution in [2.24, 2.45) is 5.92 Å². The molecule has 2 fully saturated rings. The van der Waals surface area contributed by atoms with Crippen molar-refractivity contribution in [1.82, 2.24) is 0 Å². The SMILES string of the molecule is O=S(=O)(CC1CC12S(=O)(=O)CCCS2(=O)=O)c1ccccc1. The molecule has 22 heavy (non-hydrogen) atoms. The summed E-state index contributed by atoms with van der Waals surface area (Å²) in [4.78, 5) is 0.0858. The summed E-state index contributed by atoms with van der Waals surface area (Å²) in [5.74, 6) is -1.69. The van der Waals surface area contributed by atoms with Crippen LogP contribution in [0.25, 0.3) is 0 Å². The van der Waals surface area contributed by atoms with Gasteiger partial charge in [-0.2, -0.15) is 0 Å². The molecule has 1 aromatic rings. The van der Waals surface area contributed by atoms with Crippen molar-refractivity contribution in [2.45, 2.75) is 21.8 Å². The van der Waals surface area contributed by atoms with Gasteiger partial charge in [0.25, 0.3) is 0 Å². The minimum absolute atomic E-state index is 0.0858. The highest BCUT2D eigenvalue weighted by atomic mass is 32.3. The van der Waals surface area contributed by atoms with Gasteiger partial charge in [-0.05, 0) is 25.0 Å². The minimum atomic E-state index is -3.81. The first kappa shape index (κ1) is 15.9. The molecule has 9 heteroatoms. The average molecular weight is 364 g/mol. The highest BCUT2D eigenvalue weighted by Crippen LogP contribution is 2.57. The summed E-state index contributed by atoms with van der Waals surface area (Å²) in [6, 6.07) is 7.67. The Balaban J connectivity index is 1.94. The molecular weight excluding hydrogens is 348 g/mol. The number of sulfone groups is 3. The highest BCUT2D eigenvalue weighted by molar-refractivity contribution is 8.11. The number of benzene rings is 1. The molecule has 3 rings (SSSR count). The summed E-state index contributed by atoms with van der Waals surface area (Å²) in [6.07, 6.45) is -0.0195. The molecule has 1 saturated heterocycles. The Morgan fingerprint density at radius 1 is 1.00 bits per heavy atom. The highest BCUT2D eigenvalue weighted by Gasteiger charge is 2.73. The van der Waals surface area contributed by atoms with Crippen LogP contribution in [0.15, 0.2) is 35.2 Å². The van der Waals surface area contributed by atoms with Gasteiger partial charge in [-0.25, -0.2) is 25.3 Å². The van der Waals surface area contributed by atoms with E-state index < -0.39 is 45.3 Å². The van der Waals surface area contributed by atoms with E-state index in [-0.39, 0.29) is 29.2 Å². The van der Waals surface area contributed by atoms with Crippen LogP contribution in [0, 0.1) is 5.92 Å². The molecule has 0 amide bonds. The van der Waals surface area contributed by atoms with Gasteiger partial charge in [0, 0.05) is 5.92 Å². The van der Waals surface area contributed by atoms with Gasteiger partial charge in [0.2, 0.25) is 0 Å². The Labute approximate surface area is 130 Å². The third-order valence-corrected chi connectivity index (χ3v) is 12.5. The third kappa shape index (κ3) is 2.21. The molecule has 1 heterocycles. The van der Waals surface area contributed by atoms with Crippen LogP contribution in [0.1, 0.15) is 12.8 Å². The molecule has 0 aromatic heterocycles. The fraction of sp³-hybridized carbons (Fsp3) is 0.538. The molecule has 1 saturated carbocycles. The van der Waals surface area contributed by atoms with E-state index in [0.717, 1.165) is 0 Å². The van der Waals surface area contributed by atoms with Crippen molar-refractivity contribution in [1.29, 1.82) is 0 Å². The van der Waals surface area contributed by atoms with Crippen LogP contribution in [0.4, 0.5) is 0 Å². The molecule has 6 nitrogen and oxygen atoms in total. The molecule has 1 aromatic carbocycles. The molecule has 1 unspecified atom stereocenters. The van der Waals surface area contributed by atoms with Crippen molar-refractivity contribution in [3.05, 3.63) is 30.3 Å². The molecule has 122 valence electrons. The number of hydrogen-bond donors (Lipinski definition) is 0.